The maximum atomic E-state index is 12.0. The van der Waals surface area contributed by atoms with E-state index in [2.05, 4.69) is 15.4 Å². The van der Waals surface area contributed by atoms with Crippen molar-refractivity contribution in [3.05, 3.63) is 12.2 Å². The van der Waals surface area contributed by atoms with Gasteiger partial charge >= 0.3 is 0 Å². The number of hydrogen-bond donors (Lipinski definition) is 2. The molecule has 1 atom stereocenters. The van der Waals surface area contributed by atoms with Gasteiger partial charge in [-0.05, 0) is 13.3 Å². The van der Waals surface area contributed by atoms with Gasteiger partial charge in [0.05, 0.1) is 10.4 Å². The third-order valence-electron chi connectivity index (χ3n) is 3.03. The third kappa shape index (κ3) is 3.25. The van der Waals surface area contributed by atoms with Crippen LogP contribution in [0.15, 0.2) is 6.33 Å². The summed E-state index contributed by atoms with van der Waals surface area (Å²) in [6.45, 7) is 4.11. The molecule has 3 N–H and O–H groups in total. The molecule has 0 saturated heterocycles. The van der Waals surface area contributed by atoms with E-state index in [-0.39, 0.29) is 10.9 Å². The van der Waals surface area contributed by atoms with Gasteiger partial charge in [-0.1, -0.05) is 19.1 Å². The topological polar surface area (TPSA) is 85.8 Å². The number of amides is 1. The number of nitrogens with one attached hydrogen (secondary N) is 1. The van der Waals surface area contributed by atoms with E-state index in [4.69, 9.17) is 18.0 Å². The van der Waals surface area contributed by atoms with Crippen molar-refractivity contribution in [1.29, 1.82) is 0 Å². The number of aryl methyl sites for hydroxylation is 1. The van der Waals surface area contributed by atoms with Gasteiger partial charge in [0.2, 0.25) is 5.91 Å². The van der Waals surface area contributed by atoms with Crippen LogP contribution in [-0.2, 0) is 18.3 Å². The van der Waals surface area contributed by atoms with Crippen LogP contribution in [0.1, 0.15) is 26.1 Å². The van der Waals surface area contributed by atoms with Crippen molar-refractivity contribution >= 4 is 23.1 Å². The van der Waals surface area contributed by atoms with Crippen molar-refractivity contribution in [2.45, 2.75) is 26.7 Å². The third-order valence-corrected chi connectivity index (χ3v) is 3.48. The molecule has 0 aliphatic carbocycles. The molecule has 1 rings (SSSR count). The smallest absolute Gasteiger partial charge is 0.232 e. The highest BCUT2D eigenvalue weighted by Crippen LogP contribution is 2.21. The Hall–Kier alpha value is -1.50. The lowest BCUT2D eigenvalue weighted by molar-refractivity contribution is -0.126. The summed E-state index contributed by atoms with van der Waals surface area (Å²) in [4.78, 5) is 16.3. The van der Waals surface area contributed by atoms with Crippen LogP contribution >= 0.6 is 12.2 Å². The van der Waals surface area contributed by atoms with Gasteiger partial charge in [-0.3, -0.25) is 9.48 Å². The van der Waals surface area contributed by atoms with Crippen LogP contribution in [-0.4, -0.2) is 32.2 Å². The van der Waals surface area contributed by atoms with E-state index in [9.17, 15) is 4.79 Å². The van der Waals surface area contributed by atoms with E-state index >= 15 is 0 Å². The summed E-state index contributed by atoms with van der Waals surface area (Å²) in [7, 11) is 1.80. The second kappa shape index (κ2) is 5.90. The van der Waals surface area contributed by atoms with Crippen LogP contribution < -0.4 is 11.1 Å². The quantitative estimate of drug-likeness (QED) is 0.719. The van der Waals surface area contributed by atoms with Crippen molar-refractivity contribution in [2.75, 3.05) is 6.54 Å². The number of carbonyl (C=O) groups excluding carboxylic acids is 1. The van der Waals surface area contributed by atoms with Gasteiger partial charge in [0.1, 0.15) is 6.33 Å². The van der Waals surface area contributed by atoms with Crippen LogP contribution in [0.2, 0.25) is 0 Å². The fraction of sp³-hybridized carbons (Fsp3) is 0.636. The minimum Gasteiger partial charge on any atom is -0.392 e. The number of thiocarbonyl (C=S) groups is 1. The van der Waals surface area contributed by atoms with Crippen LogP contribution in [0.5, 0.6) is 0 Å². The van der Waals surface area contributed by atoms with Gasteiger partial charge in [0.25, 0.3) is 0 Å². The Morgan fingerprint density at radius 3 is 2.78 bits per heavy atom. The Bertz CT molecular complexity index is 444. The largest absolute Gasteiger partial charge is 0.392 e. The Balaban J connectivity index is 2.48. The summed E-state index contributed by atoms with van der Waals surface area (Å²) in [5, 5.41) is 6.95. The molecule has 18 heavy (non-hydrogen) atoms. The number of aromatic nitrogens is 3. The van der Waals surface area contributed by atoms with Crippen LogP contribution in [0.25, 0.3) is 0 Å². The number of carbonyl (C=O) groups is 1. The summed E-state index contributed by atoms with van der Waals surface area (Å²) < 4.78 is 1.63. The summed E-state index contributed by atoms with van der Waals surface area (Å²) in [5.74, 6) is 0.555. The summed E-state index contributed by atoms with van der Waals surface area (Å²) in [6, 6.07) is 0. The van der Waals surface area contributed by atoms with Gasteiger partial charge in [0, 0.05) is 20.0 Å². The molecule has 1 aromatic rings. The lowest BCUT2D eigenvalue weighted by atomic mass is 9.86. The maximum Gasteiger partial charge on any atom is 0.232 e. The Morgan fingerprint density at radius 1 is 1.67 bits per heavy atom. The molecule has 0 radical (unpaired) electrons. The molecule has 6 nitrogen and oxygen atoms in total. The first-order chi connectivity index (χ1) is 8.40. The Labute approximate surface area is 112 Å². The first-order valence-corrected chi connectivity index (χ1v) is 6.23. The second-order valence-electron chi connectivity index (χ2n) is 4.39. The molecule has 1 unspecified atom stereocenters. The highest BCUT2D eigenvalue weighted by molar-refractivity contribution is 7.80. The average molecular weight is 269 g/mol. The van der Waals surface area contributed by atoms with E-state index < -0.39 is 5.41 Å². The van der Waals surface area contributed by atoms with Gasteiger partial charge in [-0.2, -0.15) is 5.10 Å². The highest BCUT2D eigenvalue weighted by atomic mass is 32.1. The van der Waals surface area contributed by atoms with Crippen molar-refractivity contribution in [1.82, 2.24) is 20.1 Å². The molecule has 0 aliphatic rings. The zero-order valence-electron chi connectivity index (χ0n) is 10.9. The fourth-order valence-electron chi connectivity index (χ4n) is 1.43. The van der Waals surface area contributed by atoms with Crippen molar-refractivity contribution in [2.24, 2.45) is 18.2 Å². The summed E-state index contributed by atoms with van der Waals surface area (Å²) >= 11 is 4.94. The van der Waals surface area contributed by atoms with Crippen LogP contribution in [0.4, 0.5) is 0 Å². The average Bonchev–Trinajstić information content (AvgIpc) is 2.73. The molecule has 100 valence electrons. The first-order valence-electron chi connectivity index (χ1n) is 5.83. The minimum absolute atomic E-state index is 0.145. The van der Waals surface area contributed by atoms with E-state index in [1.54, 1.807) is 25.0 Å². The molecule has 0 fully saturated rings. The standard InChI is InChI=1S/C11H19N5OS/c1-4-11(2,9(12)18)10(17)13-6-5-8-14-7-16(3)15-8/h7H,4-6H2,1-3H3,(H2,12,18)(H,13,17). The number of nitrogens with zero attached hydrogens (tertiary/aromatic N) is 3. The van der Waals surface area contributed by atoms with E-state index in [1.807, 2.05) is 6.92 Å². The molecule has 0 bridgehead atoms. The summed E-state index contributed by atoms with van der Waals surface area (Å²) in [5.41, 5.74) is 4.83. The zero-order valence-corrected chi connectivity index (χ0v) is 11.8. The molecule has 1 aromatic heterocycles. The van der Waals surface area contributed by atoms with Gasteiger partial charge in [-0.25, -0.2) is 4.98 Å². The number of nitrogens with two attached hydrogens (primary N) is 1. The maximum absolute atomic E-state index is 12.0. The minimum atomic E-state index is -0.785. The predicted molar refractivity (Wildman–Crippen MR) is 72.9 cm³/mol. The number of rotatable bonds is 6. The second-order valence-corrected chi connectivity index (χ2v) is 4.83. The Morgan fingerprint density at radius 2 is 2.33 bits per heavy atom. The lowest BCUT2D eigenvalue weighted by Gasteiger charge is -2.25. The highest BCUT2D eigenvalue weighted by Gasteiger charge is 2.34. The normalized spacial score (nSPS) is 13.9. The molecule has 0 aromatic carbocycles. The molecule has 7 heteroatoms. The van der Waals surface area contributed by atoms with Crippen LogP contribution in [0, 0.1) is 5.41 Å². The molecule has 0 aliphatic heterocycles. The molecule has 0 saturated carbocycles. The number of hydrogen-bond acceptors (Lipinski definition) is 4. The zero-order chi connectivity index (χ0) is 13.8. The van der Waals surface area contributed by atoms with Crippen molar-refractivity contribution in [3.63, 3.8) is 0 Å². The molecular weight excluding hydrogens is 250 g/mol. The summed E-state index contributed by atoms with van der Waals surface area (Å²) in [6.07, 6.45) is 2.79. The van der Waals surface area contributed by atoms with Crippen molar-refractivity contribution < 1.29 is 4.79 Å². The fourth-order valence-corrected chi connectivity index (χ4v) is 1.67. The lowest BCUT2D eigenvalue weighted by Crippen LogP contribution is -2.47. The van der Waals surface area contributed by atoms with E-state index in [0.29, 0.717) is 25.2 Å². The molecular formula is C11H19N5OS. The van der Waals surface area contributed by atoms with Gasteiger partial charge in [0.15, 0.2) is 5.82 Å². The molecule has 0 spiro atoms. The van der Waals surface area contributed by atoms with Crippen LogP contribution in [0.3, 0.4) is 0 Å². The Kier molecular flexibility index (Phi) is 4.77. The van der Waals surface area contributed by atoms with Gasteiger partial charge < -0.3 is 11.1 Å². The molecule has 1 heterocycles. The SMILES string of the molecule is CCC(C)(C(=O)NCCc1ncn(C)n1)C(N)=S. The van der Waals surface area contributed by atoms with Gasteiger partial charge in [-0.15, -0.1) is 0 Å². The molecule has 1 amide bonds. The predicted octanol–water partition coefficient (Wildman–Crippen LogP) is 0.176. The van der Waals surface area contributed by atoms with E-state index in [1.165, 1.54) is 0 Å². The first kappa shape index (κ1) is 14.6. The van der Waals surface area contributed by atoms with E-state index in [0.717, 1.165) is 0 Å². The monoisotopic (exact) mass is 269 g/mol. The van der Waals surface area contributed by atoms with Crippen molar-refractivity contribution in [3.8, 4) is 0 Å².